The van der Waals surface area contributed by atoms with Crippen LogP contribution >= 0.6 is 11.3 Å². The SMILES string of the molecule is Cc1ccc(C(C)(C)N2CC[C@@](CCc3ccc(F)s3)(CNS(=O)(=O)Nc3ccc(F)cc3)C2)cn1. The Morgan fingerprint density at radius 1 is 1.11 bits per heavy atom. The molecular formula is C26H32F2N4O2S2. The van der Waals surface area contributed by atoms with Crippen LogP contribution in [-0.4, -0.2) is 37.9 Å². The molecule has 1 aliphatic rings. The minimum absolute atomic E-state index is 0.218. The van der Waals surface area contributed by atoms with Gasteiger partial charge in [0.15, 0.2) is 5.13 Å². The van der Waals surface area contributed by atoms with Crippen molar-refractivity contribution in [2.45, 2.75) is 45.6 Å². The first kappa shape index (κ1) is 26.7. The van der Waals surface area contributed by atoms with Crippen LogP contribution in [0.5, 0.6) is 0 Å². The van der Waals surface area contributed by atoms with Gasteiger partial charge in [-0.05, 0) is 100 Å². The van der Waals surface area contributed by atoms with Gasteiger partial charge in [-0.3, -0.25) is 14.6 Å². The molecule has 10 heteroatoms. The molecule has 4 rings (SSSR count). The molecule has 1 aromatic carbocycles. The average Bonchev–Trinajstić information content (AvgIpc) is 3.45. The zero-order chi connectivity index (χ0) is 26.0. The number of thiophene rings is 1. The van der Waals surface area contributed by atoms with Crippen LogP contribution in [-0.2, 0) is 22.2 Å². The van der Waals surface area contributed by atoms with Crippen LogP contribution < -0.4 is 9.44 Å². The van der Waals surface area contributed by atoms with Crippen molar-refractivity contribution in [2.75, 3.05) is 24.4 Å². The van der Waals surface area contributed by atoms with Crippen LogP contribution in [0, 0.1) is 23.3 Å². The van der Waals surface area contributed by atoms with Gasteiger partial charge in [0.05, 0.1) is 0 Å². The number of aryl methyl sites for hydroxylation is 2. The van der Waals surface area contributed by atoms with Crippen LogP contribution in [0.25, 0.3) is 0 Å². The predicted octanol–water partition coefficient (Wildman–Crippen LogP) is 5.24. The quantitative estimate of drug-likeness (QED) is 0.373. The van der Waals surface area contributed by atoms with Gasteiger partial charge in [-0.1, -0.05) is 6.07 Å². The zero-order valence-corrected chi connectivity index (χ0v) is 22.4. The van der Waals surface area contributed by atoms with Crippen molar-refractivity contribution in [3.05, 3.63) is 81.8 Å². The first-order valence-electron chi connectivity index (χ1n) is 11.9. The number of anilines is 1. The lowest BCUT2D eigenvalue weighted by atomic mass is 9.82. The minimum Gasteiger partial charge on any atom is -0.293 e. The minimum atomic E-state index is -3.87. The highest BCUT2D eigenvalue weighted by Crippen LogP contribution is 2.41. The Morgan fingerprint density at radius 3 is 2.50 bits per heavy atom. The molecule has 2 aromatic heterocycles. The highest BCUT2D eigenvalue weighted by Gasteiger charge is 2.44. The van der Waals surface area contributed by atoms with Gasteiger partial charge < -0.3 is 0 Å². The summed E-state index contributed by atoms with van der Waals surface area (Å²) in [5, 5.41) is -0.218. The molecule has 3 aromatic rings. The smallest absolute Gasteiger partial charge is 0.293 e. The summed E-state index contributed by atoms with van der Waals surface area (Å²) >= 11 is 1.13. The van der Waals surface area contributed by atoms with Gasteiger partial charge in [0.25, 0.3) is 10.2 Å². The lowest BCUT2D eigenvalue weighted by Crippen LogP contribution is -2.45. The second kappa shape index (κ2) is 10.5. The van der Waals surface area contributed by atoms with Gasteiger partial charge in [0, 0.05) is 41.1 Å². The van der Waals surface area contributed by atoms with E-state index < -0.39 is 16.0 Å². The molecule has 1 saturated heterocycles. The lowest BCUT2D eigenvalue weighted by Gasteiger charge is -2.38. The van der Waals surface area contributed by atoms with E-state index in [1.165, 1.54) is 30.3 Å². The number of likely N-dealkylation sites (tertiary alicyclic amines) is 1. The Bertz CT molecular complexity index is 1280. The van der Waals surface area contributed by atoms with Crippen molar-refractivity contribution in [3.63, 3.8) is 0 Å². The van der Waals surface area contributed by atoms with Gasteiger partial charge in [0.1, 0.15) is 5.82 Å². The monoisotopic (exact) mass is 534 g/mol. The van der Waals surface area contributed by atoms with Gasteiger partial charge in [0.2, 0.25) is 0 Å². The Morgan fingerprint density at radius 2 is 1.86 bits per heavy atom. The topological polar surface area (TPSA) is 74.3 Å². The van der Waals surface area contributed by atoms with Crippen LogP contribution in [0.2, 0.25) is 0 Å². The predicted molar refractivity (Wildman–Crippen MR) is 140 cm³/mol. The summed E-state index contributed by atoms with van der Waals surface area (Å²) < 4.78 is 57.6. The molecule has 0 bridgehead atoms. The van der Waals surface area contributed by atoms with E-state index in [1.54, 1.807) is 6.07 Å². The maximum Gasteiger partial charge on any atom is 0.299 e. The van der Waals surface area contributed by atoms with Gasteiger partial charge in [-0.15, -0.1) is 11.3 Å². The maximum atomic E-state index is 13.6. The van der Waals surface area contributed by atoms with E-state index in [2.05, 4.69) is 39.2 Å². The first-order valence-corrected chi connectivity index (χ1v) is 14.2. The van der Waals surface area contributed by atoms with E-state index in [4.69, 9.17) is 0 Å². The molecule has 0 spiro atoms. The van der Waals surface area contributed by atoms with E-state index in [-0.39, 0.29) is 28.3 Å². The van der Waals surface area contributed by atoms with Crippen LogP contribution in [0.3, 0.4) is 0 Å². The molecule has 0 saturated carbocycles. The van der Waals surface area contributed by atoms with Gasteiger partial charge in [-0.2, -0.15) is 17.5 Å². The number of hydrogen-bond acceptors (Lipinski definition) is 5. The number of halogens is 2. The highest BCUT2D eigenvalue weighted by atomic mass is 32.2. The molecule has 1 atom stereocenters. The molecule has 3 heterocycles. The number of hydrogen-bond donors (Lipinski definition) is 2. The van der Waals surface area contributed by atoms with Crippen molar-refractivity contribution < 1.29 is 17.2 Å². The van der Waals surface area contributed by atoms with Crippen molar-refractivity contribution in [1.29, 1.82) is 0 Å². The fourth-order valence-electron chi connectivity index (χ4n) is 4.69. The van der Waals surface area contributed by atoms with E-state index in [1.807, 2.05) is 19.2 Å². The normalized spacial score (nSPS) is 19.0. The average molecular weight is 535 g/mol. The molecule has 194 valence electrons. The molecule has 6 nitrogen and oxygen atoms in total. The number of nitrogens with zero attached hydrogens (tertiary/aromatic N) is 2. The van der Waals surface area contributed by atoms with Crippen molar-refractivity contribution in [1.82, 2.24) is 14.6 Å². The highest BCUT2D eigenvalue weighted by molar-refractivity contribution is 7.90. The molecule has 0 aliphatic carbocycles. The summed E-state index contributed by atoms with van der Waals surface area (Å²) in [5.41, 5.74) is 1.71. The summed E-state index contributed by atoms with van der Waals surface area (Å²) in [6.07, 6.45) is 4.08. The molecule has 1 aliphatic heterocycles. The maximum absolute atomic E-state index is 13.6. The first-order chi connectivity index (χ1) is 17.0. The lowest BCUT2D eigenvalue weighted by molar-refractivity contribution is 0.128. The Balaban J connectivity index is 1.50. The molecular weight excluding hydrogens is 502 g/mol. The largest absolute Gasteiger partial charge is 0.299 e. The fourth-order valence-corrected chi connectivity index (χ4v) is 6.43. The van der Waals surface area contributed by atoms with E-state index in [9.17, 15) is 17.2 Å². The number of benzene rings is 1. The molecule has 2 N–H and O–H groups in total. The number of nitrogens with one attached hydrogen (secondary N) is 2. The van der Waals surface area contributed by atoms with Crippen LogP contribution in [0.1, 0.15) is 42.8 Å². The van der Waals surface area contributed by atoms with E-state index in [0.29, 0.717) is 19.4 Å². The molecule has 0 amide bonds. The van der Waals surface area contributed by atoms with Gasteiger partial charge >= 0.3 is 0 Å². The van der Waals surface area contributed by atoms with E-state index >= 15 is 0 Å². The zero-order valence-electron chi connectivity index (χ0n) is 20.7. The second-order valence-electron chi connectivity index (χ2n) is 10.1. The summed E-state index contributed by atoms with van der Waals surface area (Å²) in [6.45, 7) is 7.98. The van der Waals surface area contributed by atoms with Gasteiger partial charge in [-0.25, -0.2) is 4.39 Å². The number of aromatic nitrogens is 1. The Labute approximate surface area is 216 Å². The number of rotatable bonds is 10. The Hall–Kier alpha value is -2.40. The van der Waals surface area contributed by atoms with Crippen molar-refractivity contribution in [3.8, 4) is 0 Å². The molecule has 0 radical (unpaired) electrons. The van der Waals surface area contributed by atoms with Crippen molar-refractivity contribution in [2.24, 2.45) is 5.41 Å². The molecule has 1 fully saturated rings. The van der Waals surface area contributed by atoms with Crippen LogP contribution in [0.15, 0.2) is 54.7 Å². The van der Waals surface area contributed by atoms with Crippen LogP contribution in [0.4, 0.5) is 14.5 Å². The standard InChI is InChI=1S/C26H32F2N4O2S2/c1-19-4-5-20(16-29-19)25(2,3)32-15-14-26(18-32,13-12-23-10-11-24(28)35-23)17-30-36(33,34)31-22-8-6-21(27)7-9-22/h4-11,16,30-31H,12-15,17-18H2,1-3H3/t26-/m0/s1. The third kappa shape index (κ3) is 6.47. The third-order valence-electron chi connectivity index (χ3n) is 7.11. The Kier molecular flexibility index (Phi) is 7.80. The summed E-state index contributed by atoms with van der Waals surface area (Å²) in [5.74, 6) is -0.438. The van der Waals surface area contributed by atoms with Crippen molar-refractivity contribution >= 4 is 27.2 Å². The van der Waals surface area contributed by atoms with E-state index in [0.717, 1.165) is 40.4 Å². The molecule has 0 unspecified atom stereocenters. The summed E-state index contributed by atoms with van der Waals surface area (Å²) in [6, 6.07) is 12.5. The third-order valence-corrected chi connectivity index (χ3v) is 9.07. The summed E-state index contributed by atoms with van der Waals surface area (Å²) in [4.78, 5) is 7.78. The summed E-state index contributed by atoms with van der Waals surface area (Å²) in [7, 11) is -3.87. The molecule has 36 heavy (non-hydrogen) atoms. The second-order valence-corrected chi connectivity index (χ2v) is 12.7. The number of pyridine rings is 1. The fraction of sp³-hybridized carbons (Fsp3) is 0.423.